The molecule has 0 saturated heterocycles. The van der Waals surface area contributed by atoms with Crippen LogP contribution < -0.4 is 0 Å². The summed E-state index contributed by atoms with van der Waals surface area (Å²) >= 11 is 3.50. The van der Waals surface area contributed by atoms with Crippen molar-refractivity contribution >= 4 is 15.9 Å². The van der Waals surface area contributed by atoms with Crippen molar-refractivity contribution in [2.24, 2.45) is 17.8 Å². The van der Waals surface area contributed by atoms with Crippen LogP contribution in [0.4, 0.5) is 0 Å². The third-order valence-electron chi connectivity index (χ3n) is 5.60. The highest BCUT2D eigenvalue weighted by molar-refractivity contribution is 9.09. The zero-order valence-corrected chi connectivity index (χ0v) is 15.0. The minimum atomic E-state index is 1.04. The summed E-state index contributed by atoms with van der Waals surface area (Å²) in [4.78, 5) is 2.62. The Morgan fingerprint density at radius 1 is 0.900 bits per heavy atom. The molecule has 20 heavy (non-hydrogen) atoms. The lowest BCUT2D eigenvalue weighted by Crippen LogP contribution is -2.29. The largest absolute Gasteiger partial charge is 0.306 e. The number of alkyl halides is 1. The second kappa shape index (κ2) is 9.46. The Balaban J connectivity index is 1.42. The molecule has 0 N–H and O–H groups in total. The minimum Gasteiger partial charge on any atom is -0.306 e. The lowest BCUT2D eigenvalue weighted by atomic mass is 9.88. The molecule has 3 unspecified atom stereocenters. The predicted molar refractivity (Wildman–Crippen MR) is 92.5 cm³/mol. The number of nitrogens with zero attached hydrogens (tertiary/aromatic N) is 1. The van der Waals surface area contributed by atoms with E-state index in [9.17, 15) is 0 Å². The molecule has 2 rings (SSSR count). The van der Waals surface area contributed by atoms with E-state index in [4.69, 9.17) is 0 Å². The van der Waals surface area contributed by atoms with Crippen LogP contribution in [0, 0.1) is 17.8 Å². The normalized spacial score (nSPS) is 28.6. The van der Waals surface area contributed by atoms with Gasteiger partial charge in [0.05, 0.1) is 0 Å². The lowest BCUT2D eigenvalue weighted by molar-refractivity contribution is 0.217. The average Bonchev–Trinajstić information content (AvgIpc) is 3.04. The summed E-state index contributed by atoms with van der Waals surface area (Å²) in [6.45, 7) is 2.71. The summed E-state index contributed by atoms with van der Waals surface area (Å²) in [5.74, 6) is 3.25. The van der Waals surface area contributed by atoms with Crippen molar-refractivity contribution in [3.63, 3.8) is 0 Å². The van der Waals surface area contributed by atoms with Crippen molar-refractivity contribution in [1.29, 1.82) is 0 Å². The van der Waals surface area contributed by atoms with Crippen LogP contribution >= 0.6 is 15.9 Å². The highest BCUT2D eigenvalue weighted by Crippen LogP contribution is 2.48. The molecule has 2 fully saturated rings. The van der Waals surface area contributed by atoms with E-state index < -0.39 is 0 Å². The molecule has 3 atom stereocenters. The average molecular weight is 344 g/mol. The highest BCUT2D eigenvalue weighted by atomic mass is 79.9. The summed E-state index contributed by atoms with van der Waals surface area (Å²) in [6.07, 6.45) is 16.1. The van der Waals surface area contributed by atoms with E-state index in [0.29, 0.717) is 0 Å². The summed E-state index contributed by atoms with van der Waals surface area (Å²) in [7, 11) is 2.35. The van der Waals surface area contributed by atoms with Gasteiger partial charge >= 0.3 is 0 Å². The Morgan fingerprint density at radius 2 is 1.60 bits per heavy atom. The van der Waals surface area contributed by atoms with Crippen molar-refractivity contribution in [3.05, 3.63) is 0 Å². The Labute approximate surface area is 135 Å². The van der Waals surface area contributed by atoms with Crippen LogP contribution in [-0.2, 0) is 0 Å². The molecule has 2 heteroatoms. The van der Waals surface area contributed by atoms with Crippen molar-refractivity contribution in [2.75, 3.05) is 25.5 Å². The fraction of sp³-hybridized carbons (Fsp3) is 1.00. The van der Waals surface area contributed by atoms with Crippen LogP contribution in [0.2, 0.25) is 0 Å². The summed E-state index contributed by atoms with van der Waals surface area (Å²) in [5, 5.41) is 1.18. The number of hydrogen-bond donors (Lipinski definition) is 0. The van der Waals surface area contributed by atoms with Crippen LogP contribution in [-0.4, -0.2) is 30.4 Å². The maximum absolute atomic E-state index is 3.50. The summed E-state index contributed by atoms with van der Waals surface area (Å²) in [6, 6.07) is 0. The van der Waals surface area contributed by atoms with E-state index in [0.717, 1.165) is 17.8 Å². The highest BCUT2D eigenvalue weighted by Gasteiger charge is 2.39. The van der Waals surface area contributed by atoms with E-state index in [-0.39, 0.29) is 0 Å². The fourth-order valence-electron chi connectivity index (χ4n) is 4.45. The Hall–Kier alpha value is 0.440. The van der Waals surface area contributed by atoms with Gasteiger partial charge in [-0.25, -0.2) is 0 Å². The second-order valence-electron chi connectivity index (χ2n) is 7.36. The number of fused-ring (bicyclic) bond motifs is 2. The molecule has 0 aromatic carbocycles. The monoisotopic (exact) mass is 343 g/mol. The molecular weight excluding hydrogens is 310 g/mol. The molecule has 0 amide bonds. The van der Waals surface area contributed by atoms with Gasteiger partial charge in [-0.15, -0.1) is 0 Å². The number of unbranched alkanes of at least 4 members (excludes halogenated alkanes) is 6. The first kappa shape index (κ1) is 16.8. The molecule has 0 radical (unpaired) electrons. The molecule has 0 aromatic heterocycles. The van der Waals surface area contributed by atoms with E-state index in [2.05, 4.69) is 27.9 Å². The third-order valence-corrected chi connectivity index (χ3v) is 6.16. The van der Waals surface area contributed by atoms with Gasteiger partial charge in [-0.3, -0.25) is 0 Å². The van der Waals surface area contributed by atoms with Gasteiger partial charge in [0, 0.05) is 11.9 Å². The fourth-order valence-corrected chi connectivity index (χ4v) is 4.85. The van der Waals surface area contributed by atoms with Gasteiger partial charge in [-0.1, -0.05) is 54.5 Å². The van der Waals surface area contributed by atoms with Gasteiger partial charge in [-0.05, 0) is 63.5 Å². The second-order valence-corrected chi connectivity index (χ2v) is 8.15. The molecule has 0 aliphatic heterocycles. The van der Waals surface area contributed by atoms with Gasteiger partial charge in [0.15, 0.2) is 0 Å². The molecule has 0 heterocycles. The summed E-state index contributed by atoms with van der Waals surface area (Å²) < 4.78 is 0. The van der Waals surface area contributed by atoms with Crippen LogP contribution in [0.1, 0.15) is 70.6 Å². The van der Waals surface area contributed by atoms with Crippen molar-refractivity contribution in [3.8, 4) is 0 Å². The SMILES string of the molecule is CN(CCCCCCCCCBr)CC1CC2CCC1C2. The molecule has 1 nitrogen and oxygen atoms in total. The number of halogens is 1. The Kier molecular flexibility index (Phi) is 7.94. The number of hydrogen-bond acceptors (Lipinski definition) is 1. The van der Waals surface area contributed by atoms with Crippen molar-refractivity contribution in [1.82, 2.24) is 4.90 Å². The van der Waals surface area contributed by atoms with Gasteiger partial charge in [0.2, 0.25) is 0 Å². The lowest BCUT2D eigenvalue weighted by Gasteiger charge is -2.27. The first-order chi connectivity index (χ1) is 9.79. The predicted octanol–water partition coefficient (Wildman–Crippen LogP) is 5.48. The maximum Gasteiger partial charge on any atom is 0.00313 e. The van der Waals surface area contributed by atoms with Crippen LogP contribution in [0.25, 0.3) is 0 Å². The molecule has 0 aromatic rings. The van der Waals surface area contributed by atoms with Crippen molar-refractivity contribution in [2.45, 2.75) is 70.6 Å². The smallest absolute Gasteiger partial charge is 0.00313 e. The molecule has 2 aliphatic carbocycles. The maximum atomic E-state index is 3.50. The number of rotatable bonds is 11. The first-order valence-corrected chi connectivity index (χ1v) is 10.2. The molecular formula is C18H34BrN. The summed E-state index contributed by atoms with van der Waals surface area (Å²) in [5.41, 5.74) is 0. The molecule has 2 saturated carbocycles. The van der Waals surface area contributed by atoms with E-state index in [1.165, 1.54) is 69.8 Å². The Morgan fingerprint density at radius 3 is 2.20 bits per heavy atom. The topological polar surface area (TPSA) is 3.24 Å². The zero-order valence-electron chi connectivity index (χ0n) is 13.5. The van der Waals surface area contributed by atoms with Crippen LogP contribution in [0.15, 0.2) is 0 Å². The van der Waals surface area contributed by atoms with E-state index in [1.807, 2.05) is 0 Å². The molecule has 118 valence electrons. The quantitative estimate of drug-likeness (QED) is 0.354. The van der Waals surface area contributed by atoms with Crippen molar-refractivity contribution < 1.29 is 0 Å². The standard InChI is InChI=1S/C18H34BrN/c1-20(12-8-6-4-2-3-5-7-11-19)15-18-14-16-9-10-17(18)13-16/h16-18H,2-15H2,1H3. The van der Waals surface area contributed by atoms with E-state index in [1.54, 1.807) is 19.3 Å². The van der Waals surface area contributed by atoms with Gasteiger partial charge < -0.3 is 4.90 Å². The van der Waals surface area contributed by atoms with Crippen LogP contribution in [0.5, 0.6) is 0 Å². The van der Waals surface area contributed by atoms with Gasteiger partial charge in [0.1, 0.15) is 0 Å². The van der Waals surface area contributed by atoms with E-state index >= 15 is 0 Å². The Bertz CT molecular complexity index is 256. The van der Waals surface area contributed by atoms with Gasteiger partial charge in [0.25, 0.3) is 0 Å². The first-order valence-electron chi connectivity index (χ1n) is 9.04. The zero-order chi connectivity index (χ0) is 14.2. The third kappa shape index (κ3) is 5.67. The molecule has 2 aliphatic rings. The molecule has 0 spiro atoms. The van der Waals surface area contributed by atoms with Crippen LogP contribution in [0.3, 0.4) is 0 Å². The van der Waals surface area contributed by atoms with Gasteiger partial charge in [-0.2, -0.15) is 0 Å². The minimum absolute atomic E-state index is 1.04. The molecule has 2 bridgehead atoms.